The summed E-state index contributed by atoms with van der Waals surface area (Å²) in [7, 11) is 0. The molecule has 1 aliphatic heterocycles. The quantitative estimate of drug-likeness (QED) is 0.772. The van der Waals surface area contributed by atoms with Crippen LogP contribution in [0.1, 0.15) is 47.0 Å². The van der Waals surface area contributed by atoms with E-state index in [1.165, 1.54) is 25.8 Å². The van der Waals surface area contributed by atoms with Crippen LogP contribution >= 0.6 is 0 Å². The van der Waals surface area contributed by atoms with E-state index in [1.807, 2.05) is 0 Å². The van der Waals surface area contributed by atoms with Crippen molar-refractivity contribution in [2.45, 2.75) is 52.5 Å². The van der Waals surface area contributed by atoms with Gasteiger partial charge < -0.3 is 15.3 Å². The second kappa shape index (κ2) is 6.17. The van der Waals surface area contributed by atoms with Crippen molar-refractivity contribution in [1.29, 1.82) is 0 Å². The molecule has 1 rings (SSSR count). The molecule has 1 atom stereocenters. The molecule has 1 aliphatic rings. The zero-order chi connectivity index (χ0) is 12.9. The van der Waals surface area contributed by atoms with Crippen LogP contribution in [0, 0.1) is 5.41 Å². The molecule has 102 valence electrons. The molecule has 0 amide bonds. The van der Waals surface area contributed by atoms with Crippen LogP contribution < -0.4 is 5.32 Å². The highest BCUT2D eigenvalue weighted by molar-refractivity contribution is 4.87. The minimum atomic E-state index is -0.150. The highest BCUT2D eigenvalue weighted by Crippen LogP contribution is 2.30. The van der Waals surface area contributed by atoms with Gasteiger partial charge >= 0.3 is 0 Å². The molecule has 0 saturated carbocycles. The number of aliphatic hydroxyl groups is 1. The zero-order valence-corrected chi connectivity index (χ0v) is 12.1. The Morgan fingerprint density at radius 3 is 2.59 bits per heavy atom. The Morgan fingerprint density at radius 1 is 1.29 bits per heavy atom. The number of aliphatic hydroxyl groups excluding tert-OH is 1. The topological polar surface area (TPSA) is 35.5 Å². The summed E-state index contributed by atoms with van der Waals surface area (Å²) < 4.78 is 0. The molecule has 0 aromatic heterocycles. The fourth-order valence-corrected chi connectivity index (χ4v) is 2.72. The van der Waals surface area contributed by atoms with E-state index >= 15 is 0 Å². The Bertz CT molecular complexity index is 230. The molecule has 0 spiro atoms. The number of hydrogen-bond donors (Lipinski definition) is 2. The lowest BCUT2D eigenvalue weighted by Crippen LogP contribution is -2.54. The van der Waals surface area contributed by atoms with Crippen molar-refractivity contribution in [2.75, 3.05) is 32.8 Å². The lowest BCUT2D eigenvalue weighted by Gasteiger charge is -2.34. The molecule has 1 saturated heterocycles. The minimum Gasteiger partial charge on any atom is -0.394 e. The molecule has 0 bridgehead atoms. The van der Waals surface area contributed by atoms with Crippen molar-refractivity contribution in [1.82, 2.24) is 10.2 Å². The number of likely N-dealkylation sites (tertiary alicyclic amines) is 1. The predicted octanol–water partition coefficient (Wildman–Crippen LogP) is 1.86. The van der Waals surface area contributed by atoms with E-state index in [0.717, 1.165) is 19.6 Å². The van der Waals surface area contributed by atoms with E-state index in [4.69, 9.17) is 0 Å². The highest BCUT2D eigenvalue weighted by atomic mass is 16.3. The molecule has 1 unspecified atom stereocenters. The van der Waals surface area contributed by atoms with Crippen molar-refractivity contribution in [3.05, 3.63) is 0 Å². The first kappa shape index (κ1) is 14.9. The third kappa shape index (κ3) is 4.94. The van der Waals surface area contributed by atoms with Gasteiger partial charge in [-0.3, -0.25) is 0 Å². The number of hydrogen-bond acceptors (Lipinski definition) is 3. The van der Waals surface area contributed by atoms with Gasteiger partial charge in [0.2, 0.25) is 0 Å². The molecule has 0 radical (unpaired) electrons. The average molecular weight is 242 g/mol. The van der Waals surface area contributed by atoms with E-state index in [0.29, 0.717) is 5.41 Å². The van der Waals surface area contributed by atoms with Crippen LogP contribution in [0.15, 0.2) is 0 Å². The molecular formula is C14H30N2O. The van der Waals surface area contributed by atoms with Crippen molar-refractivity contribution in [2.24, 2.45) is 5.41 Å². The summed E-state index contributed by atoms with van der Waals surface area (Å²) >= 11 is 0. The average Bonchev–Trinajstić information content (AvgIpc) is 2.41. The second-order valence-electron chi connectivity index (χ2n) is 6.54. The van der Waals surface area contributed by atoms with Gasteiger partial charge in [0.25, 0.3) is 0 Å². The monoisotopic (exact) mass is 242 g/mol. The van der Waals surface area contributed by atoms with Gasteiger partial charge in [0, 0.05) is 6.54 Å². The first-order valence-corrected chi connectivity index (χ1v) is 6.99. The highest BCUT2D eigenvalue weighted by Gasteiger charge is 2.28. The van der Waals surface area contributed by atoms with E-state index in [1.54, 1.807) is 0 Å². The molecule has 3 heteroatoms. The Balaban J connectivity index is 2.50. The van der Waals surface area contributed by atoms with E-state index in [9.17, 15) is 5.11 Å². The van der Waals surface area contributed by atoms with Crippen LogP contribution in [0.5, 0.6) is 0 Å². The van der Waals surface area contributed by atoms with Crippen molar-refractivity contribution in [3.8, 4) is 0 Å². The minimum absolute atomic E-state index is 0.150. The molecule has 3 nitrogen and oxygen atoms in total. The number of nitrogens with zero attached hydrogens (tertiary/aromatic N) is 1. The van der Waals surface area contributed by atoms with Gasteiger partial charge in [0.05, 0.1) is 12.1 Å². The van der Waals surface area contributed by atoms with Crippen LogP contribution in [-0.2, 0) is 0 Å². The Kier molecular flexibility index (Phi) is 5.42. The summed E-state index contributed by atoms with van der Waals surface area (Å²) in [6.45, 7) is 13.4. The smallest absolute Gasteiger partial charge is 0.0623 e. The molecule has 1 fully saturated rings. The molecular weight excluding hydrogens is 212 g/mol. The summed E-state index contributed by atoms with van der Waals surface area (Å²) in [5, 5.41) is 12.9. The van der Waals surface area contributed by atoms with Gasteiger partial charge in [0.1, 0.15) is 0 Å². The fourth-order valence-electron chi connectivity index (χ4n) is 2.72. The maximum atomic E-state index is 9.53. The lowest BCUT2D eigenvalue weighted by atomic mass is 9.85. The van der Waals surface area contributed by atoms with Crippen molar-refractivity contribution >= 4 is 0 Å². The largest absolute Gasteiger partial charge is 0.394 e. The third-order valence-electron chi connectivity index (χ3n) is 3.96. The second-order valence-corrected chi connectivity index (χ2v) is 6.54. The summed E-state index contributed by atoms with van der Waals surface area (Å²) in [5.74, 6) is 0. The predicted molar refractivity (Wildman–Crippen MR) is 73.2 cm³/mol. The molecule has 0 aliphatic carbocycles. The Hall–Kier alpha value is -0.120. The molecule has 1 heterocycles. The van der Waals surface area contributed by atoms with Gasteiger partial charge in [-0.1, -0.05) is 20.8 Å². The number of nitrogens with one attached hydrogen (secondary N) is 1. The molecule has 17 heavy (non-hydrogen) atoms. The van der Waals surface area contributed by atoms with Crippen LogP contribution in [0.4, 0.5) is 0 Å². The van der Waals surface area contributed by atoms with Gasteiger partial charge in [-0.15, -0.1) is 0 Å². The number of rotatable bonds is 5. The number of likely N-dealkylation sites (N-methyl/N-ethyl adjacent to an activating group) is 1. The summed E-state index contributed by atoms with van der Waals surface area (Å²) in [6.07, 6.45) is 3.86. The maximum Gasteiger partial charge on any atom is 0.0623 e. The zero-order valence-electron chi connectivity index (χ0n) is 12.1. The van der Waals surface area contributed by atoms with Crippen LogP contribution in [-0.4, -0.2) is 48.3 Å². The molecule has 0 aromatic rings. The maximum absolute atomic E-state index is 9.53. The SMILES string of the molecule is CCNC(C)(CO)CN1CCCC(C)(C)CC1. The Labute approximate surface area is 107 Å². The van der Waals surface area contributed by atoms with Crippen molar-refractivity contribution < 1.29 is 5.11 Å². The standard InChI is InChI=1S/C14H30N2O/c1-5-15-14(4,12-17)11-16-9-6-7-13(2,3)8-10-16/h15,17H,5-12H2,1-4H3. The summed E-state index contributed by atoms with van der Waals surface area (Å²) in [5.41, 5.74) is 0.339. The fraction of sp³-hybridized carbons (Fsp3) is 1.00. The first-order chi connectivity index (χ1) is 7.91. The summed E-state index contributed by atoms with van der Waals surface area (Å²) in [4.78, 5) is 2.51. The lowest BCUT2D eigenvalue weighted by molar-refractivity contribution is 0.121. The molecule has 0 aromatic carbocycles. The van der Waals surface area contributed by atoms with Gasteiger partial charge in [-0.25, -0.2) is 0 Å². The van der Waals surface area contributed by atoms with Crippen molar-refractivity contribution in [3.63, 3.8) is 0 Å². The normalized spacial score (nSPS) is 25.2. The van der Waals surface area contributed by atoms with Crippen LogP contribution in [0.3, 0.4) is 0 Å². The molecule has 2 N–H and O–H groups in total. The van der Waals surface area contributed by atoms with Crippen LogP contribution in [0.25, 0.3) is 0 Å². The van der Waals surface area contributed by atoms with Crippen LogP contribution in [0.2, 0.25) is 0 Å². The third-order valence-corrected chi connectivity index (χ3v) is 3.96. The van der Waals surface area contributed by atoms with E-state index in [-0.39, 0.29) is 12.1 Å². The van der Waals surface area contributed by atoms with Gasteiger partial charge in [-0.2, -0.15) is 0 Å². The first-order valence-electron chi connectivity index (χ1n) is 6.99. The van der Waals surface area contributed by atoms with Gasteiger partial charge in [-0.05, 0) is 51.2 Å². The summed E-state index contributed by atoms with van der Waals surface area (Å²) in [6, 6.07) is 0. The Morgan fingerprint density at radius 2 is 2.00 bits per heavy atom. The van der Waals surface area contributed by atoms with E-state index < -0.39 is 0 Å². The van der Waals surface area contributed by atoms with Gasteiger partial charge in [0.15, 0.2) is 0 Å². The van der Waals surface area contributed by atoms with E-state index in [2.05, 4.69) is 37.9 Å².